The molecule has 2 fully saturated rings. The normalized spacial score (nSPS) is 27.2. The molecule has 2 aliphatic rings. The second-order valence-corrected chi connectivity index (χ2v) is 5.74. The molecule has 1 aromatic rings. The van der Waals surface area contributed by atoms with Crippen molar-refractivity contribution in [1.82, 2.24) is 4.90 Å². The predicted molar refractivity (Wildman–Crippen MR) is 75.5 cm³/mol. The molecule has 2 atom stereocenters. The fourth-order valence-electron chi connectivity index (χ4n) is 3.40. The predicted octanol–water partition coefficient (Wildman–Crippen LogP) is 1.45. The molecule has 1 N–H and O–H groups in total. The highest BCUT2D eigenvalue weighted by molar-refractivity contribution is 5.79. The Kier molecular flexibility index (Phi) is 3.80. The third-order valence-electron chi connectivity index (χ3n) is 4.34. The lowest BCUT2D eigenvalue weighted by Gasteiger charge is -2.37. The lowest BCUT2D eigenvalue weighted by atomic mass is 10.00. The summed E-state index contributed by atoms with van der Waals surface area (Å²) in [5.41, 5.74) is 0.566. The molecule has 2 aliphatic heterocycles. The summed E-state index contributed by atoms with van der Waals surface area (Å²) in [6.45, 7) is 0.00892. The van der Waals surface area contributed by atoms with E-state index >= 15 is 0 Å². The maximum absolute atomic E-state index is 12.3. The van der Waals surface area contributed by atoms with Gasteiger partial charge in [0, 0.05) is 12.1 Å². The Morgan fingerprint density at radius 1 is 1.29 bits per heavy atom. The lowest BCUT2D eigenvalue weighted by molar-refractivity contribution is -0.139. The van der Waals surface area contributed by atoms with Gasteiger partial charge in [0.15, 0.2) is 6.61 Å². The SMILES string of the molecule is N#Cc1ccc(OCC(=O)N2C3CCC2CC(O)C3)cc1. The van der Waals surface area contributed by atoms with Gasteiger partial charge in [-0.2, -0.15) is 5.26 Å². The molecule has 2 bridgehead atoms. The Hall–Kier alpha value is -2.06. The lowest BCUT2D eigenvalue weighted by Crippen LogP contribution is -2.49. The Bertz CT molecular complexity index is 550. The number of carbonyl (C=O) groups excluding carboxylic acids is 1. The first kappa shape index (κ1) is 13.9. The minimum Gasteiger partial charge on any atom is -0.484 e. The van der Waals surface area contributed by atoms with E-state index in [1.807, 2.05) is 11.0 Å². The summed E-state index contributed by atoms with van der Waals surface area (Å²) in [6, 6.07) is 9.09. The van der Waals surface area contributed by atoms with Crippen LogP contribution >= 0.6 is 0 Å². The summed E-state index contributed by atoms with van der Waals surface area (Å²) in [7, 11) is 0. The zero-order chi connectivity index (χ0) is 14.8. The van der Waals surface area contributed by atoms with Crippen LogP contribution in [0.25, 0.3) is 0 Å². The molecule has 2 unspecified atom stereocenters. The van der Waals surface area contributed by atoms with Crippen molar-refractivity contribution in [2.24, 2.45) is 0 Å². The average Bonchev–Trinajstić information content (AvgIpc) is 2.77. The van der Waals surface area contributed by atoms with Crippen LogP contribution in [0, 0.1) is 11.3 Å². The summed E-state index contributed by atoms with van der Waals surface area (Å²) >= 11 is 0. The maximum atomic E-state index is 12.3. The Morgan fingerprint density at radius 3 is 2.48 bits per heavy atom. The summed E-state index contributed by atoms with van der Waals surface area (Å²) in [5.74, 6) is 0.575. The molecule has 0 aromatic heterocycles. The second kappa shape index (κ2) is 5.74. The number of aliphatic hydroxyl groups excluding tert-OH is 1. The number of aliphatic hydroxyl groups is 1. The van der Waals surface area contributed by atoms with E-state index in [2.05, 4.69) is 0 Å². The zero-order valence-corrected chi connectivity index (χ0v) is 11.7. The summed E-state index contributed by atoms with van der Waals surface area (Å²) in [6.07, 6.45) is 3.04. The molecule has 5 heteroatoms. The zero-order valence-electron chi connectivity index (χ0n) is 11.7. The van der Waals surface area contributed by atoms with Crippen LogP contribution in [-0.2, 0) is 4.79 Å². The summed E-state index contributed by atoms with van der Waals surface area (Å²) in [5, 5.41) is 18.5. The molecular weight excluding hydrogens is 268 g/mol. The summed E-state index contributed by atoms with van der Waals surface area (Å²) < 4.78 is 5.51. The van der Waals surface area contributed by atoms with E-state index in [1.165, 1.54) is 0 Å². The van der Waals surface area contributed by atoms with Gasteiger partial charge >= 0.3 is 0 Å². The van der Waals surface area contributed by atoms with Crippen molar-refractivity contribution < 1.29 is 14.6 Å². The molecule has 3 rings (SSSR count). The topological polar surface area (TPSA) is 73.6 Å². The molecular formula is C16H18N2O3. The van der Waals surface area contributed by atoms with Gasteiger partial charge in [0.1, 0.15) is 5.75 Å². The second-order valence-electron chi connectivity index (χ2n) is 5.74. The highest BCUT2D eigenvalue weighted by Gasteiger charge is 2.42. The van der Waals surface area contributed by atoms with Gasteiger partial charge in [-0.15, -0.1) is 0 Å². The number of ether oxygens (including phenoxy) is 1. The van der Waals surface area contributed by atoms with Gasteiger partial charge in [-0.25, -0.2) is 0 Å². The molecule has 0 aliphatic carbocycles. The molecule has 1 aromatic carbocycles. The van der Waals surface area contributed by atoms with E-state index in [0.29, 0.717) is 24.2 Å². The number of fused-ring (bicyclic) bond motifs is 2. The van der Waals surface area contributed by atoms with Gasteiger partial charge in [0.05, 0.1) is 17.7 Å². The number of carbonyl (C=O) groups is 1. The van der Waals surface area contributed by atoms with E-state index in [9.17, 15) is 9.90 Å². The van der Waals surface area contributed by atoms with E-state index in [1.54, 1.807) is 24.3 Å². The van der Waals surface area contributed by atoms with Crippen LogP contribution < -0.4 is 4.74 Å². The molecule has 0 spiro atoms. The van der Waals surface area contributed by atoms with Crippen LogP contribution in [-0.4, -0.2) is 40.7 Å². The molecule has 2 heterocycles. The molecule has 5 nitrogen and oxygen atoms in total. The third-order valence-corrected chi connectivity index (χ3v) is 4.34. The summed E-state index contributed by atoms with van der Waals surface area (Å²) in [4.78, 5) is 14.2. The standard InChI is InChI=1S/C16H18N2O3/c17-9-11-1-5-15(6-2-11)21-10-16(20)18-12-3-4-13(18)8-14(19)7-12/h1-2,5-6,12-14,19H,3-4,7-8,10H2. The number of hydrogen-bond donors (Lipinski definition) is 1. The quantitative estimate of drug-likeness (QED) is 0.912. The minimum atomic E-state index is -0.272. The maximum Gasteiger partial charge on any atom is 0.261 e. The van der Waals surface area contributed by atoms with Crippen LogP contribution in [0.4, 0.5) is 0 Å². The first-order valence-electron chi connectivity index (χ1n) is 7.29. The van der Waals surface area contributed by atoms with Gasteiger partial charge in [0.25, 0.3) is 5.91 Å². The first-order valence-corrected chi connectivity index (χ1v) is 7.29. The van der Waals surface area contributed by atoms with Crippen molar-refractivity contribution in [3.8, 4) is 11.8 Å². The van der Waals surface area contributed by atoms with Crippen molar-refractivity contribution in [3.63, 3.8) is 0 Å². The molecule has 21 heavy (non-hydrogen) atoms. The van der Waals surface area contributed by atoms with Gasteiger partial charge < -0.3 is 14.7 Å². The van der Waals surface area contributed by atoms with E-state index in [-0.39, 0.29) is 30.7 Å². The molecule has 1 amide bonds. The van der Waals surface area contributed by atoms with E-state index in [4.69, 9.17) is 10.00 Å². The number of rotatable bonds is 3. The number of hydrogen-bond acceptors (Lipinski definition) is 4. The van der Waals surface area contributed by atoms with Crippen molar-refractivity contribution in [2.75, 3.05) is 6.61 Å². The Balaban J connectivity index is 1.58. The number of benzene rings is 1. The van der Waals surface area contributed by atoms with Gasteiger partial charge in [-0.05, 0) is 49.9 Å². The van der Waals surface area contributed by atoms with Gasteiger partial charge in [0.2, 0.25) is 0 Å². The van der Waals surface area contributed by atoms with Crippen molar-refractivity contribution in [3.05, 3.63) is 29.8 Å². The minimum absolute atomic E-state index is 0.00892. The van der Waals surface area contributed by atoms with Crippen molar-refractivity contribution in [1.29, 1.82) is 5.26 Å². The van der Waals surface area contributed by atoms with Crippen LogP contribution in [0.5, 0.6) is 5.75 Å². The number of nitriles is 1. The fourth-order valence-corrected chi connectivity index (χ4v) is 3.40. The van der Waals surface area contributed by atoms with E-state index < -0.39 is 0 Å². The number of amides is 1. The molecule has 0 saturated carbocycles. The molecule has 110 valence electrons. The highest BCUT2D eigenvalue weighted by Crippen LogP contribution is 2.35. The van der Waals surface area contributed by atoms with Crippen LogP contribution in [0.15, 0.2) is 24.3 Å². The van der Waals surface area contributed by atoms with Gasteiger partial charge in [-0.3, -0.25) is 4.79 Å². The monoisotopic (exact) mass is 286 g/mol. The van der Waals surface area contributed by atoms with Crippen LogP contribution in [0.3, 0.4) is 0 Å². The van der Waals surface area contributed by atoms with Crippen LogP contribution in [0.2, 0.25) is 0 Å². The van der Waals surface area contributed by atoms with E-state index in [0.717, 1.165) is 12.8 Å². The Morgan fingerprint density at radius 2 is 1.90 bits per heavy atom. The highest BCUT2D eigenvalue weighted by atomic mass is 16.5. The fraction of sp³-hybridized carbons (Fsp3) is 0.500. The number of nitrogens with zero attached hydrogens (tertiary/aromatic N) is 2. The van der Waals surface area contributed by atoms with Crippen molar-refractivity contribution >= 4 is 5.91 Å². The molecule has 0 radical (unpaired) electrons. The Labute approximate surface area is 123 Å². The first-order chi connectivity index (χ1) is 10.2. The largest absolute Gasteiger partial charge is 0.484 e. The molecule has 2 saturated heterocycles. The third kappa shape index (κ3) is 2.86. The average molecular weight is 286 g/mol. The smallest absolute Gasteiger partial charge is 0.261 e. The number of piperidine rings is 1. The van der Waals surface area contributed by atoms with Crippen LogP contribution in [0.1, 0.15) is 31.2 Å². The van der Waals surface area contributed by atoms with Gasteiger partial charge in [-0.1, -0.05) is 0 Å². The van der Waals surface area contributed by atoms with Crippen molar-refractivity contribution in [2.45, 2.75) is 43.9 Å².